The molecule has 6 rings (SSSR count). The Labute approximate surface area is 275 Å². The molecule has 0 spiro atoms. The van der Waals surface area contributed by atoms with Gasteiger partial charge in [0.05, 0.1) is 29.1 Å². The Morgan fingerprint density at radius 2 is 1.85 bits per heavy atom. The van der Waals surface area contributed by atoms with Crippen molar-refractivity contribution in [1.29, 1.82) is 5.26 Å². The number of ether oxygens (including phenoxy) is 1. The molecule has 2 aliphatic rings. The van der Waals surface area contributed by atoms with Crippen LogP contribution in [0.15, 0.2) is 58.3 Å². The Kier molecular flexibility index (Phi) is 8.68. The first-order valence-electron chi connectivity index (χ1n) is 15.1. The van der Waals surface area contributed by atoms with Crippen LogP contribution in [-0.4, -0.2) is 45.6 Å². The van der Waals surface area contributed by atoms with Crippen LogP contribution in [0.2, 0.25) is 5.02 Å². The summed E-state index contributed by atoms with van der Waals surface area (Å²) in [4.78, 5) is 54.3. The number of benzene rings is 2. The van der Waals surface area contributed by atoms with E-state index >= 15 is 0 Å². The molecule has 0 saturated carbocycles. The molecule has 240 valence electrons. The number of hydrogen-bond donors (Lipinski definition) is 3. The number of aryl methyl sites for hydroxylation is 2. The quantitative estimate of drug-likeness (QED) is 0.261. The number of halogens is 1. The summed E-state index contributed by atoms with van der Waals surface area (Å²) >= 11 is 6.83. The van der Waals surface area contributed by atoms with Crippen LogP contribution >= 0.6 is 11.6 Å². The average Bonchev–Trinajstić information content (AvgIpc) is 3.69. The molecule has 2 atom stereocenters. The highest BCUT2D eigenvalue weighted by atomic mass is 35.5. The molecule has 1 aliphatic heterocycles. The number of anilines is 1. The predicted octanol–water partition coefficient (Wildman–Crippen LogP) is 3.45. The zero-order valence-corrected chi connectivity index (χ0v) is 26.8. The van der Waals surface area contributed by atoms with Crippen molar-refractivity contribution in [3.05, 3.63) is 96.8 Å². The van der Waals surface area contributed by atoms with Crippen molar-refractivity contribution in [3.8, 4) is 34.3 Å². The van der Waals surface area contributed by atoms with E-state index < -0.39 is 17.2 Å². The van der Waals surface area contributed by atoms with E-state index in [1.165, 1.54) is 20.3 Å². The Morgan fingerprint density at radius 3 is 2.57 bits per heavy atom. The number of nitriles is 1. The van der Waals surface area contributed by atoms with Crippen LogP contribution in [0.3, 0.4) is 0 Å². The number of fused-ring (bicyclic) bond motifs is 1. The summed E-state index contributed by atoms with van der Waals surface area (Å²) in [6, 6.07) is 14.8. The molecule has 0 bridgehead atoms. The second kappa shape index (κ2) is 12.9. The van der Waals surface area contributed by atoms with E-state index in [-0.39, 0.29) is 34.3 Å². The minimum Gasteiger partial charge on any atom is -0.481 e. The van der Waals surface area contributed by atoms with Gasteiger partial charge in [-0.3, -0.25) is 19.0 Å². The maximum Gasteiger partial charge on any atom is 0.330 e. The fraction of sp³-hybridized carbons (Fsp3) is 0.294. The van der Waals surface area contributed by atoms with Crippen molar-refractivity contribution in [1.82, 2.24) is 24.8 Å². The van der Waals surface area contributed by atoms with Crippen molar-refractivity contribution in [3.63, 3.8) is 0 Å². The average molecular weight is 654 g/mol. The molecule has 1 saturated heterocycles. The number of aromatic nitrogens is 3. The molecule has 3 heterocycles. The number of amides is 2. The van der Waals surface area contributed by atoms with Crippen LogP contribution < -0.4 is 31.9 Å². The smallest absolute Gasteiger partial charge is 0.330 e. The molecule has 3 N–H and O–H groups in total. The van der Waals surface area contributed by atoms with Gasteiger partial charge in [0.2, 0.25) is 11.8 Å². The van der Waals surface area contributed by atoms with Crippen molar-refractivity contribution in [2.45, 2.75) is 37.8 Å². The van der Waals surface area contributed by atoms with Crippen LogP contribution in [0.4, 0.5) is 5.69 Å². The van der Waals surface area contributed by atoms with Gasteiger partial charge >= 0.3 is 5.69 Å². The number of nitrogens with one attached hydrogen (secondary N) is 3. The molecule has 12 nitrogen and oxygen atoms in total. The summed E-state index contributed by atoms with van der Waals surface area (Å²) in [7, 11) is 4.32. The maximum absolute atomic E-state index is 13.1. The van der Waals surface area contributed by atoms with Gasteiger partial charge < -0.3 is 25.3 Å². The molecule has 2 unspecified atom stereocenters. The van der Waals surface area contributed by atoms with Crippen LogP contribution in [-0.2, 0) is 25.3 Å². The van der Waals surface area contributed by atoms with Gasteiger partial charge in [-0.2, -0.15) is 5.26 Å². The lowest BCUT2D eigenvalue weighted by Crippen LogP contribution is -2.40. The van der Waals surface area contributed by atoms with Gasteiger partial charge in [0.25, 0.3) is 11.5 Å². The summed E-state index contributed by atoms with van der Waals surface area (Å²) in [5, 5.41) is 19.8. The molecule has 1 aliphatic carbocycles. The number of rotatable bonds is 8. The molecular weight excluding hydrogens is 622 g/mol. The topological polar surface area (TPSA) is 160 Å². The third-order valence-electron chi connectivity index (χ3n) is 8.73. The monoisotopic (exact) mass is 653 g/mol. The zero-order valence-electron chi connectivity index (χ0n) is 26.0. The highest BCUT2D eigenvalue weighted by molar-refractivity contribution is 6.36. The summed E-state index contributed by atoms with van der Waals surface area (Å²) in [6.07, 6.45) is 4.18. The first kappa shape index (κ1) is 31.7. The molecular formula is C34H32ClN7O5. The Bertz CT molecular complexity index is 2100. The number of methoxy groups -OCH3 is 1. The van der Waals surface area contributed by atoms with Crippen LogP contribution in [0.5, 0.6) is 5.88 Å². The highest BCUT2D eigenvalue weighted by Crippen LogP contribution is 2.42. The second-order valence-corrected chi connectivity index (χ2v) is 12.0. The number of carbonyl (C=O) groups excluding carboxylic acids is 2. The van der Waals surface area contributed by atoms with E-state index in [1.807, 2.05) is 18.2 Å². The fourth-order valence-corrected chi connectivity index (χ4v) is 6.59. The van der Waals surface area contributed by atoms with Crippen molar-refractivity contribution in [2.75, 3.05) is 19.0 Å². The highest BCUT2D eigenvalue weighted by Gasteiger charge is 2.30. The zero-order chi connectivity index (χ0) is 33.4. The van der Waals surface area contributed by atoms with Gasteiger partial charge in [-0.05, 0) is 37.0 Å². The minimum absolute atomic E-state index is 0.0264. The van der Waals surface area contributed by atoms with E-state index in [4.69, 9.17) is 21.3 Å². The molecule has 13 heteroatoms. The van der Waals surface area contributed by atoms with Gasteiger partial charge in [0, 0.05) is 67.6 Å². The van der Waals surface area contributed by atoms with E-state index in [0.717, 1.165) is 39.5 Å². The first-order valence-corrected chi connectivity index (χ1v) is 15.5. The van der Waals surface area contributed by atoms with Gasteiger partial charge in [-0.15, -0.1) is 0 Å². The molecule has 1 fully saturated rings. The molecule has 2 aromatic heterocycles. The first-order chi connectivity index (χ1) is 22.6. The van der Waals surface area contributed by atoms with E-state index in [9.17, 15) is 24.4 Å². The summed E-state index contributed by atoms with van der Waals surface area (Å²) in [6.45, 7) is 0.656. The second-order valence-electron chi connectivity index (χ2n) is 11.7. The minimum atomic E-state index is -0.737. The van der Waals surface area contributed by atoms with Gasteiger partial charge in [-0.25, -0.2) is 9.78 Å². The lowest BCUT2D eigenvalue weighted by atomic mass is 9.93. The standard InChI is InChI=1S/C34H32ClN7O5/c1-41-17-24(33(45)42(2)34(41)46)31(44)39-26-9-5-8-22(30(26)35)20-6-4-7-21(23(20)15-36)27-14-18-10-12-25(29(18)32(40-27)47-3)37-16-19-11-13-28(43)38-19/h4-9,14,17,19,25,37H,10-13,16H2,1-3H3,(H,38,43)(H,39,44). The van der Waals surface area contributed by atoms with Crippen molar-refractivity contribution >= 4 is 29.1 Å². The van der Waals surface area contributed by atoms with Crippen LogP contribution in [0.1, 0.15) is 52.4 Å². The number of pyridine rings is 1. The van der Waals surface area contributed by atoms with Gasteiger partial charge in [0.1, 0.15) is 11.6 Å². The normalized spacial score (nSPS) is 16.8. The van der Waals surface area contributed by atoms with Crippen molar-refractivity contribution < 1.29 is 14.3 Å². The Morgan fingerprint density at radius 1 is 1.11 bits per heavy atom. The largest absolute Gasteiger partial charge is 0.481 e. The lowest BCUT2D eigenvalue weighted by Gasteiger charge is -2.20. The summed E-state index contributed by atoms with van der Waals surface area (Å²) in [5.74, 6) is -0.177. The SMILES string of the molecule is COc1nc(-c2cccc(-c3cccc(NC(=O)c4cn(C)c(=O)n(C)c4=O)c3Cl)c2C#N)cc2c1C(NCC1CCC(=O)N1)CC2. The number of carbonyl (C=O) groups is 2. The third-order valence-corrected chi connectivity index (χ3v) is 9.14. The van der Waals surface area contributed by atoms with Crippen molar-refractivity contribution in [2.24, 2.45) is 14.1 Å². The van der Waals surface area contributed by atoms with Crippen LogP contribution in [0.25, 0.3) is 22.4 Å². The number of nitrogens with zero attached hydrogens (tertiary/aromatic N) is 4. The van der Waals surface area contributed by atoms with Crippen LogP contribution in [0, 0.1) is 11.3 Å². The molecule has 0 radical (unpaired) electrons. The number of hydrogen-bond acceptors (Lipinski definition) is 8. The van der Waals surface area contributed by atoms with E-state index in [2.05, 4.69) is 22.0 Å². The molecule has 47 heavy (non-hydrogen) atoms. The Hall–Kier alpha value is -5.25. The van der Waals surface area contributed by atoms with Gasteiger partial charge in [-0.1, -0.05) is 41.9 Å². The van der Waals surface area contributed by atoms with E-state index in [1.54, 1.807) is 31.4 Å². The van der Waals surface area contributed by atoms with E-state index in [0.29, 0.717) is 46.8 Å². The third kappa shape index (κ3) is 5.91. The maximum atomic E-state index is 13.1. The lowest BCUT2D eigenvalue weighted by molar-refractivity contribution is -0.119. The molecule has 2 aromatic carbocycles. The summed E-state index contributed by atoms with van der Waals surface area (Å²) in [5.41, 5.74) is 3.29. The Balaban J connectivity index is 1.32. The fourth-order valence-electron chi connectivity index (χ4n) is 6.32. The molecule has 2 amide bonds. The van der Waals surface area contributed by atoms with Gasteiger partial charge in [0.15, 0.2) is 0 Å². The molecule has 4 aromatic rings. The summed E-state index contributed by atoms with van der Waals surface area (Å²) < 4.78 is 7.76. The predicted molar refractivity (Wildman–Crippen MR) is 176 cm³/mol.